The zero-order chi connectivity index (χ0) is 17.9. The van der Waals surface area contributed by atoms with Crippen LogP contribution >= 0.6 is 0 Å². The molecule has 4 nitrogen and oxygen atoms in total. The van der Waals surface area contributed by atoms with Crippen molar-refractivity contribution in [3.63, 3.8) is 0 Å². The highest BCUT2D eigenvalue weighted by Gasteiger charge is 2.22. The summed E-state index contributed by atoms with van der Waals surface area (Å²) in [5, 5.41) is 11.0. The average Bonchev–Trinajstić information content (AvgIpc) is 2.73. The quantitative estimate of drug-likeness (QED) is 0.687. The van der Waals surface area contributed by atoms with Crippen LogP contribution in [0.4, 0.5) is 5.82 Å². The zero-order valence-electron chi connectivity index (χ0n) is 14.9. The fourth-order valence-corrected chi connectivity index (χ4v) is 3.70. The molecule has 0 aliphatic carbocycles. The van der Waals surface area contributed by atoms with Gasteiger partial charge in [0.25, 0.3) is 0 Å². The first-order chi connectivity index (χ1) is 12.8. The van der Waals surface area contributed by atoms with Gasteiger partial charge in [0, 0.05) is 30.1 Å². The van der Waals surface area contributed by atoms with Gasteiger partial charge in [-0.3, -0.25) is 0 Å². The van der Waals surface area contributed by atoms with Crippen LogP contribution in [0.25, 0.3) is 22.0 Å². The van der Waals surface area contributed by atoms with E-state index in [0.29, 0.717) is 5.56 Å². The number of aromatic nitrogens is 1. The zero-order valence-corrected chi connectivity index (χ0v) is 14.9. The first-order valence-corrected chi connectivity index (χ1v) is 9.04. The highest BCUT2D eigenvalue weighted by molar-refractivity contribution is 6.00. The smallest absolute Gasteiger partial charge is 0.147 e. The minimum absolute atomic E-state index is 0.663. The van der Waals surface area contributed by atoms with Gasteiger partial charge in [0.05, 0.1) is 12.6 Å². The number of anilines is 1. The van der Waals surface area contributed by atoms with Crippen molar-refractivity contribution in [3.8, 4) is 22.9 Å². The molecule has 4 rings (SSSR count). The van der Waals surface area contributed by atoms with Crippen LogP contribution in [0, 0.1) is 11.3 Å². The van der Waals surface area contributed by atoms with E-state index >= 15 is 0 Å². The number of nitriles is 1. The lowest BCUT2D eigenvalue weighted by molar-refractivity contribution is 0.415. The maximum Gasteiger partial charge on any atom is 0.147 e. The largest absolute Gasteiger partial charge is 0.497 e. The Morgan fingerprint density at radius 2 is 1.81 bits per heavy atom. The summed E-state index contributed by atoms with van der Waals surface area (Å²) < 4.78 is 5.39. The average molecular weight is 343 g/mol. The topological polar surface area (TPSA) is 49.1 Å². The van der Waals surface area contributed by atoms with Crippen LogP contribution < -0.4 is 9.64 Å². The highest BCUT2D eigenvalue weighted by atomic mass is 16.5. The molecule has 1 aliphatic rings. The van der Waals surface area contributed by atoms with Crippen LogP contribution in [-0.4, -0.2) is 25.2 Å². The number of hydrogen-bond acceptors (Lipinski definition) is 4. The summed E-state index contributed by atoms with van der Waals surface area (Å²) in [7, 11) is 1.66. The fraction of sp³-hybridized carbons (Fsp3) is 0.273. The Morgan fingerprint density at radius 3 is 2.50 bits per heavy atom. The lowest BCUT2D eigenvalue weighted by atomic mass is 9.95. The van der Waals surface area contributed by atoms with Gasteiger partial charge in [-0.15, -0.1) is 0 Å². The van der Waals surface area contributed by atoms with Crippen molar-refractivity contribution < 1.29 is 4.74 Å². The predicted molar refractivity (Wildman–Crippen MR) is 105 cm³/mol. The Morgan fingerprint density at radius 1 is 1.04 bits per heavy atom. The number of ether oxygens (including phenoxy) is 1. The summed E-state index contributed by atoms with van der Waals surface area (Å²) in [6, 6.07) is 18.5. The minimum Gasteiger partial charge on any atom is -0.497 e. The van der Waals surface area contributed by atoms with E-state index in [4.69, 9.17) is 9.72 Å². The van der Waals surface area contributed by atoms with E-state index in [1.165, 1.54) is 6.42 Å². The number of fused-ring (bicyclic) bond motifs is 1. The molecule has 0 atom stereocenters. The Hall–Kier alpha value is -3.06. The first-order valence-electron chi connectivity index (χ1n) is 9.04. The summed E-state index contributed by atoms with van der Waals surface area (Å²) in [5.41, 5.74) is 3.53. The third-order valence-corrected chi connectivity index (χ3v) is 5.00. The van der Waals surface area contributed by atoms with Gasteiger partial charge in [-0.2, -0.15) is 5.26 Å². The third kappa shape index (κ3) is 2.86. The van der Waals surface area contributed by atoms with Crippen molar-refractivity contribution in [3.05, 3.63) is 54.1 Å². The van der Waals surface area contributed by atoms with E-state index in [0.717, 1.165) is 59.5 Å². The van der Waals surface area contributed by atoms with Crippen molar-refractivity contribution in [2.75, 3.05) is 25.1 Å². The van der Waals surface area contributed by atoms with E-state index in [-0.39, 0.29) is 0 Å². The molecule has 3 aromatic rings. The lowest BCUT2D eigenvalue weighted by Crippen LogP contribution is -2.31. The van der Waals surface area contributed by atoms with Crippen molar-refractivity contribution in [1.82, 2.24) is 4.98 Å². The summed E-state index contributed by atoms with van der Waals surface area (Å²) in [4.78, 5) is 7.15. The van der Waals surface area contributed by atoms with Gasteiger partial charge in [-0.05, 0) is 37.0 Å². The Labute approximate surface area is 153 Å². The molecule has 0 spiro atoms. The Balaban J connectivity index is 2.03. The molecule has 1 fully saturated rings. The molecule has 2 heterocycles. The SMILES string of the molecule is COc1ccc2c(-c3ccccc3)c(C#N)c(N3CCCCC3)nc2c1. The van der Waals surface area contributed by atoms with Crippen LogP contribution in [0.15, 0.2) is 48.5 Å². The Bertz CT molecular complexity index is 970. The third-order valence-electron chi connectivity index (χ3n) is 5.00. The summed E-state index contributed by atoms with van der Waals surface area (Å²) in [6.45, 7) is 1.90. The van der Waals surface area contributed by atoms with E-state index in [9.17, 15) is 5.26 Å². The van der Waals surface area contributed by atoms with E-state index < -0.39 is 0 Å². The molecule has 1 aromatic heterocycles. The van der Waals surface area contributed by atoms with Gasteiger partial charge in [0.1, 0.15) is 23.2 Å². The monoisotopic (exact) mass is 343 g/mol. The van der Waals surface area contributed by atoms with Gasteiger partial charge >= 0.3 is 0 Å². The van der Waals surface area contributed by atoms with Crippen LogP contribution in [0.5, 0.6) is 5.75 Å². The number of hydrogen-bond donors (Lipinski definition) is 0. The predicted octanol–water partition coefficient (Wildman–Crippen LogP) is 4.77. The molecule has 0 unspecified atom stereocenters. The maximum absolute atomic E-state index is 10.0. The normalized spacial score (nSPS) is 14.2. The van der Waals surface area contributed by atoms with Crippen LogP contribution in [0.2, 0.25) is 0 Å². The van der Waals surface area contributed by atoms with Gasteiger partial charge in [0.2, 0.25) is 0 Å². The standard InChI is InChI=1S/C22H21N3O/c1-26-17-10-11-18-20(14-17)24-22(25-12-6-3-7-13-25)19(15-23)21(18)16-8-4-2-5-9-16/h2,4-5,8-11,14H,3,6-7,12-13H2,1H3. The first kappa shape index (κ1) is 16.4. The summed E-state index contributed by atoms with van der Waals surface area (Å²) in [5.74, 6) is 1.57. The second-order valence-corrected chi connectivity index (χ2v) is 6.59. The number of pyridine rings is 1. The van der Waals surface area contributed by atoms with Crippen LogP contribution in [0.1, 0.15) is 24.8 Å². The van der Waals surface area contributed by atoms with Gasteiger partial charge in [-0.1, -0.05) is 30.3 Å². The second-order valence-electron chi connectivity index (χ2n) is 6.59. The van der Waals surface area contributed by atoms with Crippen molar-refractivity contribution in [2.45, 2.75) is 19.3 Å². The molecule has 0 amide bonds. The van der Waals surface area contributed by atoms with Gasteiger partial charge in [-0.25, -0.2) is 4.98 Å². The van der Waals surface area contributed by atoms with Crippen molar-refractivity contribution in [2.24, 2.45) is 0 Å². The van der Waals surface area contributed by atoms with E-state index in [1.54, 1.807) is 7.11 Å². The maximum atomic E-state index is 10.0. The van der Waals surface area contributed by atoms with Crippen LogP contribution in [0.3, 0.4) is 0 Å². The molecule has 0 N–H and O–H groups in total. The molecule has 0 bridgehead atoms. The number of benzene rings is 2. The van der Waals surface area contributed by atoms with Gasteiger partial charge < -0.3 is 9.64 Å². The van der Waals surface area contributed by atoms with Gasteiger partial charge in [0.15, 0.2) is 0 Å². The molecular weight excluding hydrogens is 322 g/mol. The summed E-state index contributed by atoms with van der Waals surface area (Å²) >= 11 is 0. The minimum atomic E-state index is 0.663. The molecule has 130 valence electrons. The van der Waals surface area contributed by atoms with Crippen molar-refractivity contribution >= 4 is 16.7 Å². The molecular formula is C22H21N3O. The molecule has 0 saturated carbocycles. The molecule has 1 aliphatic heterocycles. The number of nitrogens with zero attached hydrogens (tertiary/aromatic N) is 3. The molecule has 4 heteroatoms. The highest BCUT2D eigenvalue weighted by Crippen LogP contribution is 2.37. The molecule has 26 heavy (non-hydrogen) atoms. The molecule has 1 saturated heterocycles. The second kappa shape index (κ2) is 7.05. The van der Waals surface area contributed by atoms with E-state index in [1.807, 2.05) is 36.4 Å². The Kier molecular flexibility index (Phi) is 4.45. The fourth-order valence-electron chi connectivity index (χ4n) is 3.70. The number of methoxy groups -OCH3 is 1. The lowest BCUT2D eigenvalue weighted by Gasteiger charge is -2.29. The number of piperidine rings is 1. The van der Waals surface area contributed by atoms with E-state index in [2.05, 4.69) is 23.1 Å². The van der Waals surface area contributed by atoms with Crippen LogP contribution in [-0.2, 0) is 0 Å². The molecule has 0 radical (unpaired) electrons. The molecule has 2 aromatic carbocycles. The van der Waals surface area contributed by atoms with Crippen molar-refractivity contribution in [1.29, 1.82) is 5.26 Å². The summed E-state index contributed by atoms with van der Waals surface area (Å²) in [6.07, 6.45) is 3.53. The number of rotatable bonds is 3.